The fraction of sp³-hybridized carbons (Fsp3) is 0.684. The van der Waals surface area contributed by atoms with Crippen LogP contribution in [0.5, 0.6) is 5.75 Å². The second-order valence-corrected chi connectivity index (χ2v) is 9.42. The van der Waals surface area contributed by atoms with E-state index in [1.165, 1.54) is 0 Å². The molecule has 0 bridgehead atoms. The predicted octanol–water partition coefficient (Wildman–Crippen LogP) is 4.18. The lowest BCUT2D eigenvalue weighted by atomic mass is 9.94. The Morgan fingerprint density at radius 1 is 1.21 bits per heavy atom. The first-order chi connectivity index (χ1) is 11.2. The average molecular weight is 354 g/mol. The maximum atomic E-state index is 13.3. The van der Waals surface area contributed by atoms with Crippen molar-refractivity contribution in [2.75, 3.05) is 19.7 Å². The molecule has 24 heavy (non-hydrogen) atoms. The van der Waals surface area contributed by atoms with Crippen LogP contribution in [0.3, 0.4) is 0 Å². The van der Waals surface area contributed by atoms with Gasteiger partial charge in [-0.25, -0.2) is 8.42 Å². The van der Waals surface area contributed by atoms with Crippen LogP contribution in [0, 0.1) is 18.8 Å². The van der Waals surface area contributed by atoms with Crippen LogP contribution in [0.1, 0.15) is 58.1 Å². The lowest BCUT2D eigenvalue weighted by molar-refractivity contribution is 0.222. The van der Waals surface area contributed by atoms with Gasteiger partial charge in [-0.05, 0) is 61.3 Å². The summed E-state index contributed by atoms with van der Waals surface area (Å²) in [5, 5.41) is 0. The molecule has 0 spiro atoms. The smallest absolute Gasteiger partial charge is 0.246 e. The van der Waals surface area contributed by atoms with Gasteiger partial charge in [0.2, 0.25) is 10.0 Å². The quantitative estimate of drug-likeness (QED) is 0.797. The number of hydrogen-bond acceptors (Lipinski definition) is 3. The van der Waals surface area contributed by atoms with E-state index in [-0.39, 0.29) is 5.92 Å². The van der Waals surface area contributed by atoms with E-state index in [0.717, 1.165) is 17.5 Å². The maximum absolute atomic E-state index is 13.3. The second kappa shape index (κ2) is 7.44. The molecule has 136 valence electrons. The number of nitrogens with zero attached hydrogens (tertiary/aromatic N) is 1. The van der Waals surface area contributed by atoms with Crippen molar-refractivity contribution in [2.45, 2.75) is 58.8 Å². The van der Waals surface area contributed by atoms with Crippen molar-refractivity contribution in [1.29, 1.82) is 0 Å². The highest BCUT2D eigenvalue weighted by molar-refractivity contribution is 7.89. The third-order valence-electron chi connectivity index (χ3n) is 4.71. The van der Waals surface area contributed by atoms with E-state index >= 15 is 0 Å². The van der Waals surface area contributed by atoms with Gasteiger partial charge in [0.05, 0.1) is 6.61 Å². The molecule has 1 aliphatic rings. The zero-order valence-corrected chi connectivity index (χ0v) is 16.6. The number of sulfonamides is 1. The Bertz CT molecular complexity index is 672. The molecule has 0 saturated carbocycles. The minimum Gasteiger partial charge on any atom is -0.492 e. The third kappa shape index (κ3) is 3.94. The Balaban J connectivity index is 2.53. The monoisotopic (exact) mass is 353 g/mol. The molecule has 1 fully saturated rings. The maximum Gasteiger partial charge on any atom is 0.246 e. The van der Waals surface area contributed by atoms with Crippen LogP contribution in [-0.2, 0) is 10.0 Å². The SMILES string of the molecule is CCOc1cc(C)c(C(C)C)cc1S(=O)(=O)N1C[C@@H](C)C[C@H](C)C1. The van der Waals surface area contributed by atoms with Gasteiger partial charge in [-0.2, -0.15) is 4.31 Å². The number of rotatable bonds is 5. The van der Waals surface area contributed by atoms with Gasteiger partial charge >= 0.3 is 0 Å². The topological polar surface area (TPSA) is 46.6 Å². The van der Waals surface area contributed by atoms with Crippen LogP contribution in [0.2, 0.25) is 0 Å². The summed E-state index contributed by atoms with van der Waals surface area (Å²) in [5.74, 6) is 1.52. The first kappa shape index (κ1) is 19.3. The summed E-state index contributed by atoms with van der Waals surface area (Å²) in [4.78, 5) is 0.319. The molecular weight excluding hydrogens is 322 g/mol. The first-order valence-electron chi connectivity index (χ1n) is 8.94. The number of aryl methyl sites for hydroxylation is 1. The molecule has 1 saturated heterocycles. The minimum atomic E-state index is -3.55. The van der Waals surface area contributed by atoms with Gasteiger partial charge in [-0.1, -0.05) is 27.7 Å². The summed E-state index contributed by atoms with van der Waals surface area (Å²) in [6.07, 6.45) is 1.08. The number of piperidine rings is 1. The fourth-order valence-electron chi connectivity index (χ4n) is 3.71. The van der Waals surface area contributed by atoms with Crippen molar-refractivity contribution >= 4 is 10.0 Å². The summed E-state index contributed by atoms with van der Waals surface area (Å²) in [5.41, 5.74) is 2.14. The Morgan fingerprint density at radius 3 is 2.29 bits per heavy atom. The molecule has 0 radical (unpaired) electrons. The van der Waals surface area contributed by atoms with Gasteiger partial charge in [0.15, 0.2) is 0 Å². The Kier molecular flexibility index (Phi) is 5.97. The highest BCUT2D eigenvalue weighted by Gasteiger charge is 2.34. The standard InChI is InChI=1S/C19H31NO3S/c1-7-23-18-9-16(6)17(13(2)3)10-19(18)24(21,22)20-11-14(4)8-15(5)12-20/h9-10,13-15H,7-8,11-12H2,1-6H3/t14-,15-/m0/s1. The molecule has 0 aliphatic carbocycles. The lowest BCUT2D eigenvalue weighted by Crippen LogP contribution is -2.42. The van der Waals surface area contributed by atoms with Gasteiger partial charge in [-0.3, -0.25) is 0 Å². The zero-order chi connectivity index (χ0) is 18.1. The molecule has 0 aromatic heterocycles. The highest BCUT2D eigenvalue weighted by Crippen LogP contribution is 2.35. The summed E-state index contributed by atoms with van der Waals surface area (Å²) in [7, 11) is -3.55. The molecular formula is C19H31NO3S. The van der Waals surface area contributed by atoms with Crippen molar-refractivity contribution in [2.24, 2.45) is 11.8 Å². The number of hydrogen-bond donors (Lipinski definition) is 0. The van der Waals surface area contributed by atoms with Gasteiger partial charge in [0.1, 0.15) is 10.6 Å². The van der Waals surface area contributed by atoms with Gasteiger partial charge in [0, 0.05) is 13.1 Å². The summed E-state index contributed by atoms with van der Waals surface area (Å²) in [6.45, 7) is 13.9. The third-order valence-corrected chi connectivity index (χ3v) is 6.56. The van der Waals surface area contributed by atoms with E-state index < -0.39 is 10.0 Å². The van der Waals surface area contributed by atoms with E-state index in [9.17, 15) is 8.42 Å². The Labute approximate surface area is 147 Å². The van der Waals surface area contributed by atoms with Crippen LogP contribution in [0.25, 0.3) is 0 Å². The fourth-order valence-corrected chi connectivity index (χ4v) is 5.54. The lowest BCUT2D eigenvalue weighted by Gasteiger charge is -2.34. The molecule has 0 amide bonds. The van der Waals surface area contributed by atoms with E-state index in [2.05, 4.69) is 27.7 Å². The van der Waals surface area contributed by atoms with Crippen LogP contribution in [0.15, 0.2) is 17.0 Å². The van der Waals surface area contributed by atoms with E-state index in [0.29, 0.717) is 42.2 Å². The van der Waals surface area contributed by atoms with Crippen molar-refractivity contribution in [3.8, 4) is 5.75 Å². The molecule has 1 aliphatic heterocycles. The molecule has 5 heteroatoms. The van der Waals surface area contributed by atoms with Crippen LogP contribution in [-0.4, -0.2) is 32.4 Å². The largest absolute Gasteiger partial charge is 0.492 e. The van der Waals surface area contributed by atoms with Gasteiger partial charge < -0.3 is 4.74 Å². The highest BCUT2D eigenvalue weighted by atomic mass is 32.2. The second-order valence-electron chi connectivity index (χ2n) is 7.51. The molecule has 0 N–H and O–H groups in total. The van der Waals surface area contributed by atoms with Crippen molar-refractivity contribution in [3.63, 3.8) is 0 Å². The van der Waals surface area contributed by atoms with E-state index in [4.69, 9.17) is 4.74 Å². The van der Waals surface area contributed by atoms with Crippen LogP contribution < -0.4 is 4.74 Å². The normalized spacial score (nSPS) is 22.8. The van der Waals surface area contributed by atoms with Crippen molar-refractivity contribution < 1.29 is 13.2 Å². The Hall–Kier alpha value is -1.07. The first-order valence-corrected chi connectivity index (χ1v) is 10.4. The number of ether oxygens (including phenoxy) is 1. The zero-order valence-electron chi connectivity index (χ0n) is 15.8. The summed E-state index contributed by atoms with van der Waals surface area (Å²) in [6, 6.07) is 3.70. The van der Waals surface area contributed by atoms with E-state index in [1.54, 1.807) is 4.31 Å². The van der Waals surface area contributed by atoms with Crippen molar-refractivity contribution in [1.82, 2.24) is 4.31 Å². The molecule has 2 rings (SSSR count). The average Bonchev–Trinajstić information content (AvgIpc) is 2.46. The summed E-state index contributed by atoms with van der Waals surface area (Å²) >= 11 is 0. The van der Waals surface area contributed by atoms with Crippen molar-refractivity contribution in [3.05, 3.63) is 23.3 Å². The van der Waals surface area contributed by atoms with Crippen LogP contribution in [0.4, 0.5) is 0 Å². The van der Waals surface area contributed by atoms with E-state index in [1.807, 2.05) is 26.0 Å². The predicted molar refractivity (Wildman–Crippen MR) is 98.1 cm³/mol. The minimum absolute atomic E-state index is 0.272. The number of benzene rings is 1. The molecule has 1 heterocycles. The molecule has 1 aromatic rings. The Morgan fingerprint density at radius 2 is 1.79 bits per heavy atom. The molecule has 4 nitrogen and oxygen atoms in total. The van der Waals surface area contributed by atoms with Gasteiger partial charge in [0.25, 0.3) is 0 Å². The molecule has 0 unspecified atom stereocenters. The summed E-state index contributed by atoms with van der Waals surface area (Å²) < 4.78 is 33.9. The molecule has 1 aromatic carbocycles. The van der Waals surface area contributed by atoms with Crippen LogP contribution >= 0.6 is 0 Å². The molecule has 2 atom stereocenters. The van der Waals surface area contributed by atoms with Gasteiger partial charge in [-0.15, -0.1) is 0 Å².